The topological polar surface area (TPSA) is 78.9 Å². The van der Waals surface area contributed by atoms with Crippen LogP contribution in [0.15, 0.2) is 16.6 Å². The first-order chi connectivity index (χ1) is 11.5. The van der Waals surface area contributed by atoms with Gasteiger partial charge in [-0.15, -0.1) is 0 Å². The fraction of sp³-hybridized carbons (Fsp3) is 0.529. The number of hydrogen-bond acceptors (Lipinski definition) is 5. The molecule has 0 saturated carbocycles. The molecule has 0 unspecified atom stereocenters. The fourth-order valence-electron chi connectivity index (χ4n) is 2.63. The van der Waals surface area contributed by atoms with E-state index in [0.29, 0.717) is 24.7 Å². The van der Waals surface area contributed by atoms with Crippen LogP contribution in [0.2, 0.25) is 0 Å². The van der Waals surface area contributed by atoms with Crippen LogP contribution in [0.25, 0.3) is 0 Å². The van der Waals surface area contributed by atoms with Crippen molar-refractivity contribution < 1.29 is 24.2 Å². The number of likely N-dealkylation sites (tertiary alicyclic amines) is 1. The van der Waals surface area contributed by atoms with E-state index in [1.54, 1.807) is 7.11 Å². The summed E-state index contributed by atoms with van der Waals surface area (Å²) in [7, 11) is 1.56. The third-order valence-corrected chi connectivity index (χ3v) is 4.54. The predicted molar refractivity (Wildman–Crippen MR) is 89.6 cm³/mol. The molecule has 1 aromatic rings. The highest BCUT2D eigenvalue weighted by Crippen LogP contribution is 2.37. The molecule has 2 rings (SSSR count). The molecule has 24 heavy (non-hydrogen) atoms. The Morgan fingerprint density at radius 1 is 1.46 bits per heavy atom. The summed E-state index contributed by atoms with van der Waals surface area (Å²) in [6, 6.07) is 3.68. The molecule has 0 aromatic heterocycles. The van der Waals surface area contributed by atoms with Crippen molar-refractivity contribution in [1.29, 1.82) is 0 Å². The number of aliphatic carboxylic acids is 1. The number of amides is 1. The van der Waals surface area contributed by atoms with Gasteiger partial charge < -0.3 is 24.3 Å². The van der Waals surface area contributed by atoms with Crippen molar-refractivity contribution in [2.75, 3.05) is 20.3 Å². The number of ether oxygens (including phenoxy) is 2. The van der Waals surface area contributed by atoms with Crippen molar-refractivity contribution in [1.82, 2.24) is 4.90 Å². The van der Waals surface area contributed by atoms with Crippen LogP contribution < -0.4 is 14.6 Å². The summed E-state index contributed by atoms with van der Waals surface area (Å²) in [5.74, 6) is -0.875. The average molecular weight is 399 g/mol. The Kier molecular flexibility index (Phi) is 6.48. The van der Waals surface area contributed by atoms with Gasteiger partial charge in [0.2, 0.25) is 5.91 Å². The molecular formula is C17H21BrNO5-. The zero-order valence-electron chi connectivity index (χ0n) is 13.8. The first kappa shape index (κ1) is 18.6. The van der Waals surface area contributed by atoms with Gasteiger partial charge in [-0.25, -0.2) is 0 Å². The van der Waals surface area contributed by atoms with Crippen molar-refractivity contribution in [2.45, 2.75) is 32.7 Å². The van der Waals surface area contributed by atoms with Crippen LogP contribution in [0.5, 0.6) is 11.5 Å². The molecule has 0 radical (unpaired) electrons. The highest BCUT2D eigenvalue weighted by atomic mass is 79.9. The molecule has 0 bridgehead atoms. The van der Waals surface area contributed by atoms with Gasteiger partial charge in [-0.2, -0.15) is 0 Å². The van der Waals surface area contributed by atoms with E-state index >= 15 is 0 Å². The molecule has 1 aromatic carbocycles. The molecule has 0 N–H and O–H groups in total. The summed E-state index contributed by atoms with van der Waals surface area (Å²) in [5, 5.41) is 10.9. The zero-order valence-corrected chi connectivity index (χ0v) is 15.4. The average Bonchev–Trinajstić information content (AvgIpc) is 2.90. The SMILES string of the molecule is CCCCOc1c(Br)cc(CN2C[C@@H](C(=O)[O-])CC2=O)cc1OC. The number of halogens is 1. The van der Waals surface area contributed by atoms with E-state index in [0.717, 1.165) is 22.9 Å². The third-order valence-electron chi connectivity index (χ3n) is 3.95. The second kappa shape index (κ2) is 8.37. The standard InChI is InChI=1S/C17H22BrNO5/c1-3-4-5-24-16-13(18)6-11(7-14(16)23-2)9-19-10-12(17(21)22)8-15(19)20/h6-7,12H,3-5,8-10H2,1-2H3,(H,21,22)/p-1/t12-/m0/s1. The molecule has 1 heterocycles. The Morgan fingerprint density at radius 2 is 2.21 bits per heavy atom. The van der Waals surface area contributed by atoms with Gasteiger partial charge in [0.25, 0.3) is 0 Å². The van der Waals surface area contributed by atoms with Crippen LogP contribution in [-0.2, 0) is 16.1 Å². The number of hydrogen-bond donors (Lipinski definition) is 0. The summed E-state index contributed by atoms with van der Waals surface area (Å²) in [4.78, 5) is 24.4. The molecule has 132 valence electrons. The van der Waals surface area contributed by atoms with Crippen molar-refractivity contribution >= 4 is 27.8 Å². The highest BCUT2D eigenvalue weighted by Gasteiger charge is 2.30. The fourth-order valence-corrected chi connectivity index (χ4v) is 3.23. The molecular weight excluding hydrogens is 378 g/mol. The summed E-state index contributed by atoms with van der Waals surface area (Å²) in [6.07, 6.45) is 1.98. The summed E-state index contributed by atoms with van der Waals surface area (Å²) >= 11 is 3.48. The lowest BCUT2D eigenvalue weighted by molar-refractivity contribution is -0.311. The lowest BCUT2D eigenvalue weighted by Crippen LogP contribution is -2.33. The van der Waals surface area contributed by atoms with E-state index in [2.05, 4.69) is 22.9 Å². The normalized spacial score (nSPS) is 17.2. The number of carbonyl (C=O) groups is 2. The van der Waals surface area contributed by atoms with Crippen molar-refractivity contribution in [3.8, 4) is 11.5 Å². The number of rotatable bonds is 8. The van der Waals surface area contributed by atoms with Crippen LogP contribution in [0, 0.1) is 5.92 Å². The van der Waals surface area contributed by atoms with Gasteiger partial charge in [-0.1, -0.05) is 13.3 Å². The third kappa shape index (κ3) is 4.41. The molecule has 1 aliphatic rings. The lowest BCUT2D eigenvalue weighted by atomic mass is 10.1. The van der Waals surface area contributed by atoms with Crippen LogP contribution >= 0.6 is 15.9 Å². The van der Waals surface area contributed by atoms with Crippen molar-refractivity contribution in [2.24, 2.45) is 5.92 Å². The van der Waals surface area contributed by atoms with Gasteiger partial charge in [0.1, 0.15) is 0 Å². The number of methoxy groups -OCH3 is 1. The van der Waals surface area contributed by atoms with Crippen LogP contribution in [0.1, 0.15) is 31.7 Å². The second-order valence-electron chi connectivity index (χ2n) is 5.81. The molecule has 0 spiro atoms. The quantitative estimate of drug-likeness (QED) is 0.623. The summed E-state index contributed by atoms with van der Waals surface area (Å²) in [5.41, 5.74) is 0.842. The van der Waals surface area contributed by atoms with E-state index in [1.807, 2.05) is 12.1 Å². The predicted octanol–water partition coefficient (Wildman–Crippen LogP) is 1.73. The molecule has 7 heteroatoms. The number of carboxylic acids is 1. The molecule has 0 aliphatic carbocycles. The molecule has 1 amide bonds. The summed E-state index contributed by atoms with van der Waals surface area (Å²) in [6.45, 7) is 3.19. The highest BCUT2D eigenvalue weighted by molar-refractivity contribution is 9.10. The molecule has 6 nitrogen and oxygen atoms in total. The number of carbonyl (C=O) groups excluding carboxylic acids is 2. The van der Waals surface area contributed by atoms with E-state index in [1.165, 1.54) is 4.90 Å². The smallest absolute Gasteiger partial charge is 0.223 e. The first-order valence-corrected chi connectivity index (χ1v) is 8.73. The Labute approximate surface area is 149 Å². The minimum atomic E-state index is -1.18. The maximum Gasteiger partial charge on any atom is 0.223 e. The zero-order chi connectivity index (χ0) is 17.7. The molecule has 1 aliphatic heterocycles. The van der Waals surface area contributed by atoms with E-state index in [9.17, 15) is 14.7 Å². The van der Waals surface area contributed by atoms with Gasteiger partial charge in [0, 0.05) is 31.4 Å². The summed E-state index contributed by atoms with van der Waals surface area (Å²) < 4.78 is 11.9. The Morgan fingerprint density at radius 3 is 2.79 bits per heavy atom. The number of unbranched alkanes of at least 4 members (excludes halogenated alkanes) is 1. The maximum atomic E-state index is 11.9. The molecule has 1 saturated heterocycles. The van der Waals surface area contributed by atoms with Gasteiger partial charge >= 0.3 is 0 Å². The minimum absolute atomic E-state index is 0.00114. The molecule has 1 fully saturated rings. The minimum Gasteiger partial charge on any atom is -0.550 e. The number of nitrogens with zero attached hydrogens (tertiary/aromatic N) is 1. The maximum absolute atomic E-state index is 11.9. The van der Waals surface area contributed by atoms with Gasteiger partial charge in [0.15, 0.2) is 11.5 Å². The Bertz CT molecular complexity index is 619. The Balaban J connectivity index is 2.12. The second-order valence-corrected chi connectivity index (χ2v) is 6.66. The number of carboxylic acid groups (broad SMARTS) is 1. The van der Waals surface area contributed by atoms with Crippen LogP contribution in [0.4, 0.5) is 0 Å². The largest absolute Gasteiger partial charge is 0.550 e. The lowest BCUT2D eigenvalue weighted by Gasteiger charge is -2.19. The monoisotopic (exact) mass is 398 g/mol. The number of benzene rings is 1. The first-order valence-electron chi connectivity index (χ1n) is 7.94. The van der Waals surface area contributed by atoms with Crippen molar-refractivity contribution in [3.05, 3.63) is 22.2 Å². The van der Waals surface area contributed by atoms with Crippen molar-refractivity contribution in [3.63, 3.8) is 0 Å². The van der Waals surface area contributed by atoms with Crippen LogP contribution in [-0.4, -0.2) is 37.0 Å². The van der Waals surface area contributed by atoms with E-state index < -0.39 is 11.9 Å². The molecule has 1 atom stereocenters. The Hall–Kier alpha value is -1.76. The van der Waals surface area contributed by atoms with Gasteiger partial charge in [-0.3, -0.25) is 4.79 Å². The van der Waals surface area contributed by atoms with Crippen LogP contribution in [0.3, 0.4) is 0 Å². The van der Waals surface area contributed by atoms with E-state index in [4.69, 9.17) is 9.47 Å². The van der Waals surface area contributed by atoms with E-state index in [-0.39, 0.29) is 18.9 Å². The van der Waals surface area contributed by atoms with Gasteiger partial charge in [-0.05, 0) is 40.0 Å². The van der Waals surface area contributed by atoms with Gasteiger partial charge in [0.05, 0.1) is 18.2 Å².